The highest BCUT2D eigenvalue weighted by atomic mass is 16.5. The van der Waals surface area contributed by atoms with Crippen molar-refractivity contribution in [2.75, 3.05) is 50.0 Å². The number of ether oxygens (including phenoxy) is 1. The Kier molecular flexibility index (Phi) is 6.66. The smallest absolute Gasteiger partial charge is 0.225 e. The highest BCUT2D eigenvalue weighted by Crippen LogP contribution is 2.20. The lowest BCUT2D eigenvalue weighted by molar-refractivity contribution is 0.0398. The average molecular weight is 333 g/mol. The molecule has 6 nitrogen and oxygen atoms in total. The normalized spacial score (nSPS) is 20.5. The number of nitrogens with one attached hydrogen (secondary N) is 2. The summed E-state index contributed by atoms with van der Waals surface area (Å²) in [6.07, 6.45) is 7.82. The molecule has 24 heavy (non-hydrogen) atoms. The van der Waals surface area contributed by atoms with Gasteiger partial charge in [0, 0.05) is 44.0 Å². The molecule has 1 aromatic heterocycles. The van der Waals surface area contributed by atoms with Crippen molar-refractivity contribution < 1.29 is 4.74 Å². The molecule has 134 valence electrons. The van der Waals surface area contributed by atoms with Crippen LogP contribution >= 0.6 is 0 Å². The van der Waals surface area contributed by atoms with E-state index in [9.17, 15) is 0 Å². The molecule has 0 unspecified atom stereocenters. The van der Waals surface area contributed by atoms with Crippen LogP contribution in [0.5, 0.6) is 0 Å². The molecule has 2 fully saturated rings. The Morgan fingerprint density at radius 3 is 2.62 bits per heavy atom. The third kappa shape index (κ3) is 5.60. The summed E-state index contributed by atoms with van der Waals surface area (Å²) >= 11 is 0. The van der Waals surface area contributed by atoms with Gasteiger partial charge in [0.2, 0.25) is 5.95 Å². The SMILES string of the molecule is Cc1cc(NCCN2CCOCC2)nc(NC2CCCCCC2)n1. The van der Waals surface area contributed by atoms with Crippen molar-refractivity contribution in [3.05, 3.63) is 11.8 Å². The lowest BCUT2D eigenvalue weighted by Crippen LogP contribution is -2.39. The predicted octanol–water partition coefficient (Wildman–Crippen LogP) is 2.66. The zero-order valence-corrected chi connectivity index (χ0v) is 14.9. The zero-order valence-electron chi connectivity index (χ0n) is 14.9. The van der Waals surface area contributed by atoms with Crippen LogP contribution in [-0.4, -0.2) is 60.3 Å². The summed E-state index contributed by atoms with van der Waals surface area (Å²) < 4.78 is 5.39. The molecule has 0 amide bonds. The van der Waals surface area contributed by atoms with Crippen LogP contribution < -0.4 is 10.6 Å². The van der Waals surface area contributed by atoms with Gasteiger partial charge in [0.25, 0.3) is 0 Å². The molecular weight excluding hydrogens is 302 g/mol. The summed E-state index contributed by atoms with van der Waals surface area (Å²) in [6, 6.07) is 2.55. The van der Waals surface area contributed by atoms with Gasteiger partial charge in [-0.05, 0) is 19.8 Å². The molecule has 2 N–H and O–H groups in total. The number of aromatic nitrogens is 2. The van der Waals surface area contributed by atoms with E-state index in [0.29, 0.717) is 6.04 Å². The Labute approximate surface area is 145 Å². The van der Waals surface area contributed by atoms with Crippen molar-refractivity contribution in [1.29, 1.82) is 0 Å². The molecule has 1 saturated carbocycles. The number of anilines is 2. The molecule has 1 aromatic rings. The van der Waals surface area contributed by atoms with E-state index in [1.54, 1.807) is 0 Å². The molecule has 1 aliphatic carbocycles. The molecule has 3 rings (SSSR count). The second kappa shape index (κ2) is 9.18. The van der Waals surface area contributed by atoms with E-state index in [1.807, 2.05) is 13.0 Å². The number of morpholine rings is 1. The van der Waals surface area contributed by atoms with Gasteiger partial charge in [0.15, 0.2) is 0 Å². The van der Waals surface area contributed by atoms with Gasteiger partial charge in [0.1, 0.15) is 5.82 Å². The van der Waals surface area contributed by atoms with Crippen molar-refractivity contribution in [2.24, 2.45) is 0 Å². The predicted molar refractivity (Wildman–Crippen MR) is 97.6 cm³/mol. The van der Waals surface area contributed by atoms with Crippen LogP contribution in [0.4, 0.5) is 11.8 Å². The van der Waals surface area contributed by atoms with Gasteiger partial charge in [0.05, 0.1) is 13.2 Å². The van der Waals surface area contributed by atoms with Gasteiger partial charge in [-0.2, -0.15) is 4.98 Å². The Bertz CT molecular complexity index is 496. The summed E-state index contributed by atoms with van der Waals surface area (Å²) in [5.74, 6) is 1.70. The van der Waals surface area contributed by atoms with Crippen LogP contribution in [0.15, 0.2) is 6.07 Å². The standard InChI is InChI=1S/C18H31N5O/c1-15-14-17(19-8-9-23-10-12-24-13-11-23)22-18(20-15)21-16-6-4-2-3-5-7-16/h14,16H,2-13H2,1H3,(H2,19,20,21,22). The van der Waals surface area contributed by atoms with Crippen molar-refractivity contribution in [3.8, 4) is 0 Å². The minimum absolute atomic E-state index is 0.524. The first-order valence-corrected chi connectivity index (χ1v) is 9.46. The van der Waals surface area contributed by atoms with Crippen LogP contribution in [0, 0.1) is 6.92 Å². The number of hydrogen-bond acceptors (Lipinski definition) is 6. The summed E-state index contributed by atoms with van der Waals surface area (Å²) in [7, 11) is 0. The number of nitrogens with zero attached hydrogens (tertiary/aromatic N) is 3. The fourth-order valence-electron chi connectivity index (χ4n) is 3.50. The van der Waals surface area contributed by atoms with Crippen LogP contribution in [0.3, 0.4) is 0 Å². The minimum atomic E-state index is 0.524. The molecule has 0 spiro atoms. The van der Waals surface area contributed by atoms with E-state index >= 15 is 0 Å². The molecule has 2 heterocycles. The maximum Gasteiger partial charge on any atom is 0.225 e. The second-order valence-corrected chi connectivity index (χ2v) is 6.93. The minimum Gasteiger partial charge on any atom is -0.379 e. The maximum atomic E-state index is 5.39. The maximum absolute atomic E-state index is 5.39. The summed E-state index contributed by atoms with van der Waals surface area (Å²) in [5, 5.41) is 7.00. The fraction of sp³-hybridized carbons (Fsp3) is 0.778. The van der Waals surface area contributed by atoms with E-state index in [1.165, 1.54) is 38.5 Å². The van der Waals surface area contributed by atoms with Crippen molar-refractivity contribution in [3.63, 3.8) is 0 Å². The molecule has 0 radical (unpaired) electrons. The van der Waals surface area contributed by atoms with Gasteiger partial charge in [-0.25, -0.2) is 4.98 Å². The molecule has 2 aliphatic rings. The summed E-state index contributed by atoms with van der Waals surface area (Å²) in [6.45, 7) is 7.71. The van der Waals surface area contributed by atoms with Gasteiger partial charge in [-0.3, -0.25) is 4.90 Å². The molecular formula is C18H31N5O. The first-order valence-electron chi connectivity index (χ1n) is 9.46. The van der Waals surface area contributed by atoms with E-state index in [2.05, 4.69) is 25.5 Å². The second-order valence-electron chi connectivity index (χ2n) is 6.93. The van der Waals surface area contributed by atoms with Crippen LogP contribution in [0.25, 0.3) is 0 Å². The molecule has 0 bridgehead atoms. The van der Waals surface area contributed by atoms with Gasteiger partial charge >= 0.3 is 0 Å². The average Bonchev–Trinajstić information content (AvgIpc) is 2.84. The summed E-state index contributed by atoms with van der Waals surface area (Å²) in [4.78, 5) is 11.7. The molecule has 0 aromatic carbocycles. The van der Waals surface area contributed by atoms with Crippen LogP contribution in [0.2, 0.25) is 0 Å². The first kappa shape index (κ1) is 17.4. The molecule has 1 aliphatic heterocycles. The topological polar surface area (TPSA) is 62.3 Å². The van der Waals surface area contributed by atoms with Gasteiger partial charge in [-0.15, -0.1) is 0 Å². The Morgan fingerprint density at radius 2 is 1.88 bits per heavy atom. The lowest BCUT2D eigenvalue weighted by atomic mass is 10.1. The summed E-state index contributed by atoms with van der Waals surface area (Å²) in [5.41, 5.74) is 1.01. The molecule has 1 saturated heterocycles. The first-order chi connectivity index (χ1) is 11.8. The van der Waals surface area contributed by atoms with Crippen molar-refractivity contribution in [2.45, 2.75) is 51.5 Å². The quantitative estimate of drug-likeness (QED) is 0.781. The lowest BCUT2D eigenvalue weighted by Gasteiger charge is -2.26. The van der Waals surface area contributed by atoms with Crippen molar-refractivity contribution >= 4 is 11.8 Å². The Hall–Kier alpha value is -1.40. The fourth-order valence-corrected chi connectivity index (χ4v) is 3.50. The number of aryl methyl sites for hydroxylation is 1. The van der Waals surface area contributed by atoms with Crippen LogP contribution in [0.1, 0.15) is 44.2 Å². The van der Waals surface area contributed by atoms with Gasteiger partial charge in [-0.1, -0.05) is 25.7 Å². The third-order valence-electron chi connectivity index (χ3n) is 4.88. The molecule has 0 atom stereocenters. The monoisotopic (exact) mass is 333 g/mol. The Morgan fingerprint density at radius 1 is 1.12 bits per heavy atom. The molecule has 6 heteroatoms. The zero-order chi connectivity index (χ0) is 16.6. The highest BCUT2D eigenvalue weighted by molar-refractivity contribution is 5.42. The van der Waals surface area contributed by atoms with Crippen LogP contribution in [-0.2, 0) is 4.74 Å². The van der Waals surface area contributed by atoms with E-state index in [4.69, 9.17) is 4.74 Å². The number of hydrogen-bond donors (Lipinski definition) is 2. The van der Waals surface area contributed by atoms with E-state index in [0.717, 1.165) is 56.9 Å². The highest BCUT2D eigenvalue weighted by Gasteiger charge is 2.14. The van der Waals surface area contributed by atoms with Gasteiger partial charge < -0.3 is 15.4 Å². The van der Waals surface area contributed by atoms with Crippen molar-refractivity contribution in [1.82, 2.24) is 14.9 Å². The third-order valence-corrected chi connectivity index (χ3v) is 4.88. The van der Waals surface area contributed by atoms with E-state index < -0.39 is 0 Å². The Balaban J connectivity index is 1.50. The largest absolute Gasteiger partial charge is 0.379 e. The van der Waals surface area contributed by atoms with E-state index in [-0.39, 0.29) is 0 Å². The number of rotatable bonds is 6.